The van der Waals surface area contributed by atoms with Crippen molar-refractivity contribution in [3.8, 4) is 0 Å². The van der Waals surface area contributed by atoms with Crippen LogP contribution in [0.4, 0.5) is 0 Å². The van der Waals surface area contributed by atoms with E-state index in [1.807, 2.05) is 32.0 Å². The number of amides is 2. The van der Waals surface area contributed by atoms with Crippen LogP contribution in [-0.2, 0) is 11.3 Å². The van der Waals surface area contributed by atoms with Gasteiger partial charge in [0.15, 0.2) is 0 Å². The fourth-order valence-electron chi connectivity index (χ4n) is 2.60. The Hall–Kier alpha value is -2.10. The van der Waals surface area contributed by atoms with Crippen molar-refractivity contribution in [2.45, 2.75) is 52.1 Å². The maximum atomic E-state index is 12.2. The molecule has 2 amide bonds. The second-order valence-corrected chi connectivity index (χ2v) is 6.18. The van der Waals surface area contributed by atoms with E-state index in [0.29, 0.717) is 12.1 Å². The predicted octanol–water partition coefficient (Wildman–Crippen LogP) is 3.19. The lowest BCUT2D eigenvalue weighted by Gasteiger charge is -2.17. The second kappa shape index (κ2) is 8.51. The number of carbonyl (C=O) groups is 2. The van der Waals surface area contributed by atoms with Crippen LogP contribution < -0.4 is 10.6 Å². The molecule has 0 aromatic heterocycles. The highest BCUT2D eigenvalue weighted by Crippen LogP contribution is 2.18. The summed E-state index contributed by atoms with van der Waals surface area (Å²) in [7, 11) is 0. The molecule has 124 valence electrons. The number of allylic oxidation sites excluding steroid dienone is 2. The third-order valence-electron chi connectivity index (χ3n) is 4.29. The van der Waals surface area contributed by atoms with Crippen LogP contribution in [0.1, 0.15) is 55.5 Å². The lowest BCUT2D eigenvalue weighted by atomic mass is 9.93. The molecule has 1 aliphatic rings. The molecule has 4 heteroatoms. The van der Waals surface area contributed by atoms with Crippen molar-refractivity contribution >= 4 is 11.8 Å². The predicted molar refractivity (Wildman–Crippen MR) is 92.0 cm³/mol. The van der Waals surface area contributed by atoms with E-state index in [0.717, 1.165) is 31.2 Å². The standard InChI is InChI=1S/C19H26N2O2/c1-3-14(2)21-19(23)17-11-7-8-15(12-17)13-20-18(22)16-9-5-4-6-10-16/h4-5,7-8,11-12,14,16H,3,6,9-10,13H2,1-2H3,(H,20,22)(H,21,23)/t14-,16-/m1/s1. The number of hydrogen-bond acceptors (Lipinski definition) is 2. The third-order valence-corrected chi connectivity index (χ3v) is 4.29. The fourth-order valence-corrected chi connectivity index (χ4v) is 2.60. The largest absolute Gasteiger partial charge is 0.352 e. The Labute approximate surface area is 138 Å². The first-order valence-electron chi connectivity index (χ1n) is 8.42. The first-order valence-corrected chi connectivity index (χ1v) is 8.42. The minimum Gasteiger partial charge on any atom is -0.352 e. The van der Waals surface area contributed by atoms with Gasteiger partial charge in [0, 0.05) is 24.1 Å². The van der Waals surface area contributed by atoms with Crippen LogP contribution in [-0.4, -0.2) is 17.9 Å². The molecule has 0 saturated heterocycles. The van der Waals surface area contributed by atoms with Crippen LogP contribution in [0, 0.1) is 5.92 Å². The number of nitrogens with one attached hydrogen (secondary N) is 2. The number of rotatable bonds is 6. The Bertz CT molecular complexity index is 580. The van der Waals surface area contributed by atoms with Crippen molar-refractivity contribution in [1.82, 2.24) is 10.6 Å². The first kappa shape index (κ1) is 17.3. The van der Waals surface area contributed by atoms with Crippen molar-refractivity contribution in [3.63, 3.8) is 0 Å². The quantitative estimate of drug-likeness (QED) is 0.792. The van der Waals surface area contributed by atoms with Gasteiger partial charge in [0.05, 0.1) is 0 Å². The Balaban J connectivity index is 1.90. The van der Waals surface area contributed by atoms with Crippen LogP contribution >= 0.6 is 0 Å². The highest BCUT2D eigenvalue weighted by Gasteiger charge is 2.18. The molecule has 0 saturated carbocycles. The van der Waals surface area contributed by atoms with Gasteiger partial charge in [0.25, 0.3) is 5.91 Å². The SMILES string of the molecule is CC[C@@H](C)NC(=O)c1cccc(CNC(=O)[C@@H]2CC=CCC2)c1. The van der Waals surface area contributed by atoms with Gasteiger partial charge in [0.1, 0.15) is 0 Å². The summed E-state index contributed by atoms with van der Waals surface area (Å²) in [4.78, 5) is 24.3. The van der Waals surface area contributed by atoms with Crippen molar-refractivity contribution in [3.05, 3.63) is 47.5 Å². The van der Waals surface area contributed by atoms with E-state index in [2.05, 4.69) is 22.8 Å². The molecule has 0 heterocycles. The Morgan fingerprint density at radius 3 is 2.83 bits per heavy atom. The van der Waals surface area contributed by atoms with Gasteiger partial charge in [-0.1, -0.05) is 31.2 Å². The molecule has 0 aliphatic heterocycles. The van der Waals surface area contributed by atoms with Gasteiger partial charge in [-0.2, -0.15) is 0 Å². The number of carbonyl (C=O) groups excluding carboxylic acids is 2. The minimum absolute atomic E-state index is 0.0649. The Morgan fingerprint density at radius 1 is 1.30 bits per heavy atom. The van der Waals surface area contributed by atoms with Crippen molar-refractivity contribution in [1.29, 1.82) is 0 Å². The van der Waals surface area contributed by atoms with Gasteiger partial charge in [-0.15, -0.1) is 0 Å². The van der Waals surface area contributed by atoms with E-state index < -0.39 is 0 Å². The summed E-state index contributed by atoms with van der Waals surface area (Å²) in [5.74, 6) is 0.116. The lowest BCUT2D eigenvalue weighted by molar-refractivity contribution is -0.125. The second-order valence-electron chi connectivity index (χ2n) is 6.18. The van der Waals surface area contributed by atoms with Gasteiger partial charge in [-0.05, 0) is 50.3 Å². The summed E-state index contributed by atoms with van der Waals surface area (Å²) >= 11 is 0. The highest BCUT2D eigenvalue weighted by molar-refractivity contribution is 5.94. The Kier molecular flexibility index (Phi) is 6.39. The summed E-state index contributed by atoms with van der Waals surface area (Å²) in [6.07, 6.45) is 7.82. The topological polar surface area (TPSA) is 58.2 Å². The first-order chi connectivity index (χ1) is 11.1. The van der Waals surface area contributed by atoms with Gasteiger partial charge < -0.3 is 10.6 Å². The number of hydrogen-bond donors (Lipinski definition) is 2. The van der Waals surface area contributed by atoms with Crippen LogP contribution in [0.25, 0.3) is 0 Å². The zero-order chi connectivity index (χ0) is 16.7. The number of benzene rings is 1. The minimum atomic E-state index is -0.0649. The van der Waals surface area contributed by atoms with E-state index >= 15 is 0 Å². The average Bonchev–Trinajstić information content (AvgIpc) is 2.60. The van der Waals surface area contributed by atoms with E-state index in [1.54, 1.807) is 6.07 Å². The summed E-state index contributed by atoms with van der Waals surface area (Å²) < 4.78 is 0. The molecule has 23 heavy (non-hydrogen) atoms. The molecule has 0 fully saturated rings. The highest BCUT2D eigenvalue weighted by atomic mass is 16.2. The molecule has 2 N–H and O–H groups in total. The summed E-state index contributed by atoms with van der Waals surface area (Å²) in [6, 6.07) is 7.59. The van der Waals surface area contributed by atoms with Crippen molar-refractivity contribution in [2.75, 3.05) is 0 Å². The van der Waals surface area contributed by atoms with E-state index in [9.17, 15) is 9.59 Å². The monoisotopic (exact) mass is 314 g/mol. The molecular weight excluding hydrogens is 288 g/mol. The molecule has 4 nitrogen and oxygen atoms in total. The molecule has 1 aromatic rings. The normalized spacial score (nSPS) is 18.3. The van der Waals surface area contributed by atoms with E-state index in [1.165, 1.54) is 0 Å². The molecule has 1 aromatic carbocycles. The molecule has 2 rings (SSSR count). The van der Waals surface area contributed by atoms with Crippen LogP contribution in [0.5, 0.6) is 0 Å². The van der Waals surface area contributed by atoms with E-state index in [-0.39, 0.29) is 23.8 Å². The van der Waals surface area contributed by atoms with Crippen LogP contribution in [0.2, 0.25) is 0 Å². The molecule has 0 unspecified atom stereocenters. The fraction of sp³-hybridized carbons (Fsp3) is 0.474. The molecule has 2 atom stereocenters. The maximum Gasteiger partial charge on any atom is 0.251 e. The van der Waals surface area contributed by atoms with Crippen LogP contribution in [0.3, 0.4) is 0 Å². The smallest absolute Gasteiger partial charge is 0.251 e. The van der Waals surface area contributed by atoms with Gasteiger partial charge >= 0.3 is 0 Å². The van der Waals surface area contributed by atoms with Gasteiger partial charge in [-0.25, -0.2) is 0 Å². The molecule has 0 bridgehead atoms. The summed E-state index contributed by atoms with van der Waals surface area (Å²) in [6.45, 7) is 4.49. The van der Waals surface area contributed by atoms with Crippen LogP contribution in [0.15, 0.2) is 36.4 Å². The average molecular weight is 314 g/mol. The summed E-state index contributed by atoms with van der Waals surface area (Å²) in [5.41, 5.74) is 1.58. The molecular formula is C19H26N2O2. The third kappa shape index (κ3) is 5.23. The van der Waals surface area contributed by atoms with E-state index in [4.69, 9.17) is 0 Å². The lowest BCUT2D eigenvalue weighted by Crippen LogP contribution is -2.32. The summed E-state index contributed by atoms with van der Waals surface area (Å²) in [5, 5.41) is 5.94. The zero-order valence-corrected chi connectivity index (χ0v) is 14.0. The van der Waals surface area contributed by atoms with Gasteiger partial charge in [0.2, 0.25) is 5.91 Å². The molecule has 0 radical (unpaired) electrons. The molecule has 0 spiro atoms. The molecule has 1 aliphatic carbocycles. The van der Waals surface area contributed by atoms with Crippen molar-refractivity contribution in [2.24, 2.45) is 5.92 Å². The Morgan fingerprint density at radius 2 is 2.13 bits per heavy atom. The van der Waals surface area contributed by atoms with Crippen molar-refractivity contribution < 1.29 is 9.59 Å². The van der Waals surface area contributed by atoms with Gasteiger partial charge in [-0.3, -0.25) is 9.59 Å². The maximum absolute atomic E-state index is 12.2. The zero-order valence-electron chi connectivity index (χ0n) is 14.0.